The Morgan fingerprint density at radius 3 is 2.72 bits per heavy atom. The number of aromatic nitrogens is 2. The Morgan fingerprint density at radius 2 is 2.17 bits per heavy atom. The van der Waals surface area contributed by atoms with Crippen LogP contribution in [0.25, 0.3) is 10.7 Å². The smallest absolute Gasteiger partial charge is 0.171 e. The van der Waals surface area contributed by atoms with E-state index in [-0.39, 0.29) is 0 Å². The highest BCUT2D eigenvalue weighted by Crippen LogP contribution is 2.31. The van der Waals surface area contributed by atoms with E-state index in [1.54, 1.807) is 0 Å². The zero-order valence-corrected chi connectivity index (χ0v) is 13.9. The summed E-state index contributed by atoms with van der Waals surface area (Å²) < 4.78 is 1.86. The molecule has 0 aliphatic carbocycles. The lowest BCUT2D eigenvalue weighted by atomic mass is 10.2. The van der Waals surface area contributed by atoms with Gasteiger partial charge in [-0.25, -0.2) is 9.97 Å². The maximum absolute atomic E-state index is 5.96. The summed E-state index contributed by atoms with van der Waals surface area (Å²) in [5.41, 5.74) is 1.09. The van der Waals surface area contributed by atoms with E-state index in [4.69, 9.17) is 11.6 Å². The van der Waals surface area contributed by atoms with E-state index in [0.29, 0.717) is 0 Å². The van der Waals surface area contributed by atoms with Gasteiger partial charge in [-0.05, 0) is 41.1 Å². The van der Waals surface area contributed by atoms with E-state index in [0.717, 1.165) is 43.0 Å². The highest BCUT2D eigenvalue weighted by atomic mass is 127. The molecular formula is C12H13ClIN3S. The summed E-state index contributed by atoms with van der Waals surface area (Å²) in [5, 5.41) is 3.12. The van der Waals surface area contributed by atoms with Gasteiger partial charge in [0.1, 0.15) is 5.82 Å². The van der Waals surface area contributed by atoms with Crippen molar-refractivity contribution in [1.29, 1.82) is 0 Å². The van der Waals surface area contributed by atoms with Crippen LogP contribution in [0.1, 0.15) is 19.0 Å². The van der Waals surface area contributed by atoms with E-state index in [2.05, 4.69) is 44.8 Å². The summed E-state index contributed by atoms with van der Waals surface area (Å²) >= 11 is 9.76. The van der Waals surface area contributed by atoms with Crippen LogP contribution in [0.5, 0.6) is 0 Å². The normalized spacial score (nSPS) is 10.7. The summed E-state index contributed by atoms with van der Waals surface area (Å²) in [6.07, 6.45) is 2.03. The lowest BCUT2D eigenvalue weighted by molar-refractivity contribution is 0.868. The fourth-order valence-corrected chi connectivity index (χ4v) is 3.36. The zero-order valence-electron chi connectivity index (χ0n) is 10.1. The van der Waals surface area contributed by atoms with Gasteiger partial charge in [-0.15, -0.1) is 11.3 Å². The van der Waals surface area contributed by atoms with Crippen molar-refractivity contribution in [3.05, 3.63) is 25.7 Å². The van der Waals surface area contributed by atoms with Crippen molar-refractivity contribution in [2.45, 2.75) is 19.8 Å². The monoisotopic (exact) mass is 393 g/mol. The Kier molecular flexibility index (Phi) is 4.80. The molecule has 0 fully saturated rings. The Bertz CT molecular complexity index is 556. The van der Waals surface area contributed by atoms with Crippen molar-refractivity contribution >= 4 is 51.3 Å². The molecule has 0 aliphatic rings. The summed E-state index contributed by atoms with van der Waals surface area (Å²) in [4.78, 5) is 10.2. The molecule has 0 aromatic carbocycles. The number of thiophene rings is 1. The fourth-order valence-electron chi connectivity index (χ4n) is 1.61. The SMILES string of the molecule is CCCc1nc(-c2ccc(Cl)s2)nc(NC)c1I. The number of aryl methyl sites for hydroxylation is 1. The predicted octanol–water partition coefficient (Wildman–Crippen LogP) is 4.46. The van der Waals surface area contributed by atoms with Gasteiger partial charge in [0.25, 0.3) is 0 Å². The van der Waals surface area contributed by atoms with E-state index in [1.807, 2.05) is 19.2 Å². The van der Waals surface area contributed by atoms with Crippen molar-refractivity contribution in [1.82, 2.24) is 9.97 Å². The molecule has 0 amide bonds. The van der Waals surface area contributed by atoms with Gasteiger partial charge in [-0.1, -0.05) is 24.9 Å². The highest BCUT2D eigenvalue weighted by molar-refractivity contribution is 14.1. The lowest BCUT2D eigenvalue weighted by Crippen LogP contribution is -2.04. The minimum Gasteiger partial charge on any atom is -0.372 e. The summed E-state index contributed by atoms with van der Waals surface area (Å²) in [6.45, 7) is 2.15. The topological polar surface area (TPSA) is 37.8 Å². The molecule has 18 heavy (non-hydrogen) atoms. The average Bonchev–Trinajstić information content (AvgIpc) is 2.79. The largest absolute Gasteiger partial charge is 0.372 e. The molecule has 6 heteroatoms. The molecule has 0 unspecified atom stereocenters. The molecular weight excluding hydrogens is 381 g/mol. The number of rotatable bonds is 4. The Labute approximate surface area is 129 Å². The summed E-state index contributed by atoms with van der Waals surface area (Å²) in [5.74, 6) is 1.63. The van der Waals surface area contributed by atoms with E-state index in [1.165, 1.54) is 11.3 Å². The molecule has 0 spiro atoms. The predicted molar refractivity (Wildman–Crippen MR) is 86.6 cm³/mol. The molecule has 0 radical (unpaired) electrons. The van der Waals surface area contributed by atoms with E-state index >= 15 is 0 Å². The van der Waals surface area contributed by atoms with Crippen LogP contribution in [0, 0.1) is 3.57 Å². The van der Waals surface area contributed by atoms with Crippen LogP contribution in [0.3, 0.4) is 0 Å². The van der Waals surface area contributed by atoms with Crippen LogP contribution in [-0.2, 0) is 6.42 Å². The first-order chi connectivity index (χ1) is 8.65. The molecule has 3 nitrogen and oxygen atoms in total. The third-order valence-corrected chi connectivity index (χ3v) is 4.80. The van der Waals surface area contributed by atoms with Crippen LogP contribution < -0.4 is 5.32 Å². The first-order valence-electron chi connectivity index (χ1n) is 5.65. The van der Waals surface area contributed by atoms with Crippen molar-refractivity contribution < 1.29 is 0 Å². The number of hydrogen-bond acceptors (Lipinski definition) is 4. The number of hydrogen-bond donors (Lipinski definition) is 1. The third-order valence-electron chi connectivity index (χ3n) is 2.44. The molecule has 0 bridgehead atoms. The molecule has 0 aliphatic heterocycles. The van der Waals surface area contributed by atoms with Gasteiger partial charge < -0.3 is 5.32 Å². The summed E-state index contributed by atoms with van der Waals surface area (Å²) in [6, 6.07) is 3.84. The zero-order chi connectivity index (χ0) is 13.1. The van der Waals surface area contributed by atoms with Crippen molar-refractivity contribution in [3.63, 3.8) is 0 Å². The summed E-state index contributed by atoms with van der Waals surface area (Å²) in [7, 11) is 1.88. The molecule has 0 saturated carbocycles. The number of anilines is 1. The lowest BCUT2D eigenvalue weighted by Gasteiger charge is -2.09. The number of nitrogens with zero attached hydrogens (tertiary/aromatic N) is 2. The second-order valence-electron chi connectivity index (χ2n) is 3.76. The number of nitrogens with one attached hydrogen (secondary N) is 1. The van der Waals surface area contributed by atoms with Crippen LogP contribution >= 0.6 is 45.5 Å². The fraction of sp³-hybridized carbons (Fsp3) is 0.333. The first kappa shape index (κ1) is 14.0. The average molecular weight is 394 g/mol. The van der Waals surface area contributed by atoms with Crippen LogP contribution in [0.2, 0.25) is 4.34 Å². The van der Waals surface area contributed by atoms with Gasteiger partial charge >= 0.3 is 0 Å². The molecule has 96 valence electrons. The van der Waals surface area contributed by atoms with E-state index in [9.17, 15) is 0 Å². The Hall–Kier alpha value is -0.400. The molecule has 1 N–H and O–H groups in total. The Morgan fingerprint density at radius 1 is 1.39 bits per heavy atom. The number of halogens is 2. The van der Waals surface area contributed by atoms with Crippen LogP contribution in [0.15, 0.2) is 12.1 Å². The first-order valence-corrected chi connectivity index (χ1v) is 7.93. The van der Waals surface area contributed by atoms with Gasteiger partial charge in [-0.3, -0.25) is 0 Å². The van der Waals surface area contributed by atoms with Crippen LogP contribution in [0.4, 0.5) is 5.82 Å². The maximum atomic E-state index is 5.96. The second kappa shape index (κ2) is 6.16. The second-order valence-corrected chi connectivity index (χ2v) is 6.55. The molecule has 2 heterocycles. The highest BCUT2D eigenvalue weighted by Gasteiger charge is 2.13. The van der Waals surface area contributed by atoms with Crippen molar-refractivity contribution in [2.24, 2.45) is 0 Å². The molecule has 2 aromatic heterocycles. The standard InChI is InChI=1S/C12H13ClIN3S/c1-3-4-7-10(14)12(15-2)17-11(16-7)8-5-6-9(13)18-8/h5-6H,3-4H2,1-2H3,(H,15,16,17). The van der Waals surface area contributed by atoms with Crippen molar-refractivity contribution in [2.75, 3.05) is 12.4 Å². The minimum absolute atomic E-state index is 0.750. The Balaban J connectivity index is 2.51. The molecule has 0 saturated heterocycles. The maximum Gasteiger partial charge on any atom is 0.171 e. The minimum atomic E-state index is 0.750. The van der Waals surface area contributed by atoms with E-state index < -0.39 is 0 Å². The molecule has 0 atom stereocenters. The third kappa shape index (κ3) is 2.95. The van der Waals surface area contributed by atoms with Gasteiger partial charge in [0.05, 0.1) is 18.5 Å². The van der Waals surface area contributed by atoms with Gasteiger partial charge in [-0.2, -0.15) is 0 Å². The molecule has 2 rings (SSSR count). The van der Waals surface area contributed by atoms with Gasteiger partial charge in [0, 0.05) is 7.05 Å². The molecule has 2 aromatic rings. The van der Waals surface area contributed by atoms with Gasteiger partial charge in [0.2, 0.25) is 0 Å². The van der Waals surface area contributed by atoms with Crippen molar-refractivity contribution in [3.8, 4) is 10.7 Å². The van der Waals surface area contributed by atoms with Crippen LogP contribution in [-0.4, -0.2) is 17.0 Å². The van der Waals surface area contributed by atoms with Gasteiger partial charge in [0.15, 0.2) is 5.82 Å². The quantitative estimate of drug-likeness (QED) is 0.780.